The minimum Gasteiger partial charge on any atom is -0.294 e. The van der Waals surface area contributed by atoms with Crippen LogP contribution in [-0.2, 0) is 0 Å². The second-order valence-electron chi connectivity index (χ2n) is 4.63. The summed E-state index contributed by atoms with van der Waals surface area (Å²) in [5.41, 5.74) is 2.08. The molecule has 104 valence electrons. The number of alkyl halides is 1. The van der Waals surface area contributed by atoms with E-state index in [0.717, 1.165) is 18.4 Å². The van der Waals surface area contributed by atoms with E-state index in [4.69, 9.17) is 11.6 Å². The smallest absolute Gasteiger partial charge is 0.163 e. The van der Waals surface area contributed by atoms with Crippen molar-refractivity contribution in [3.8, 4) is 11.1 Å². The molecule has 0 amide bonds. The van der Waals surface area contributed by atoms with E-state index in [2.05, 4.69) is 0 Å². The Kier molecular flexibility index (Phi) is 5.31. The second kappa shape index (κ2) is 7.20. The largest absolute Gasteiger partial charge is 0.294 e. The minimum atomic E-state index is -0.332. The van der Waals surface area contributed by atoms with Crippen molar-refractivity contribution < 1.29 is 9.18 Å². The fourth-order valence-electron chi connectivity index (χ4n) is 2.13. The molecule has 0 saturated carbocycles. The summed E-state index contributed by atoms with van der Waals surface area (Å²) in [6, 6.07) is 13.7. The van der Waals surface area contributed by atoms with Gasteiger partial charge in [-0.3, -0.25) is 4.79 Å². The maximum atomic E-state index is 13.5. The van der Waals surface area contributed by atoms with Crippen LogP contribution in [0.4, 0.5) is 4.39 Å². The maximum absolute atomic E-state index is 13.5. The van der Waals surface area contributed by atoms with Crippen LogP contribution in [-0.4, -0.2) is 11.7 Å². The summed E-state index contributed by atoms with van der Waals surface area (Å²) >= 11 is 5.62. The highest BCUT2D eigenvalue weighted by Crippen LogP contribution is 2.26. The Balaban J connectivity index is 2.31. The lowest BCUT2D eigenvalue weighted by Crippen LogP contribution is -2.02. The second-order valence-corrected chi connectivity index (χ2v) is 5.00. The molecule has 0 saturated heterocycles. The van der Waals surface area contributed by atoms with E-state index in [1.807, 2.05) is 30.3 Å². The first-order valence-electron chi connectivity index (χ1n) is 6.66. The van der Waals surface area contributed by atoms with E-state index in [9.17, 15) is 9.18 Å². The monoisotopic (exact) mass is 290 g/mol. The van der Waals surface area contributed by atoms with Gasteiger partial charge in [-0.1, -0.05) is 30.3 Å². The van der Waals surface area contributed by atoms with Gasteiger partial charge in [-0.25, -0.2) is 4.39 Å². The number of carbonyl (C=O) groups excluding carboxylic acids is 1. The quantitative estimate of drug-likeness (QED) is 0.412. The van der Waals surface area contributed by atoms with E-state index in [1.165, 1.54) is 12.1 Å². The van der Waals surface area contributed by atoms with Crippen molar-refractivity contribution >= 4 is 17.4 Å². The Hall–Kier alpha value is -1.67. The average molecular weight is 291 g/mol. The Labute approximate surface area is 123 Å². The Morgan fingerprint density at radius 2 is 1.80 bits per heavy atom. The molecule has 0 bridgehead atoms. The predicted molar refractivity (Wildman–Crippen MR) is 80.7 cm³/mol. The lowest BCUT2D eigenvalue weighted by molar-refractivity contribution is 0.0980. The molecule has 0 aliphatic heterocycles. The summed E-state index contributed by atoms with van der Waals surface area (Å²) in [6.45, 7) is 0. The molecule has 0 aromatic heterocycles. The molecule has 3 heteroatoms. The molecule has 0 fully saturated rings. The number of Topliss-reactive ketones (excluding diaryl/α,β-unsaturated/α-hetero) is 1. The van der Waals surface area contributed by atoms with E-state index in [-0.39, 0.29) is 11.6 Å². The molecule has 2 rings (SSSR count). The van der Waals surface area contributed by atoms with Crippen molar-refractivity contribution in [3.63, 3.8) is 0 Å². The molecule has 0 radical (unpaired) electrons. The fourth-order valence-corrected chi connectivity index (χ4v) is 2.32. The summed E-state index contributed by atoms with van der Waals surface area (Å²) in [6.07, 6.45) is 2.02. The SMILES string of the molecule is O=C(CCCCCl)c1ccc(F)cc1-c1ccccc1. The van der Waals surface area contributed by atoms with Crippen molar-refractivity contribution in [2.75, 3.05) is 5.88 Å². The summed E-state index contributed by atoms with van der Waals surface area (Å²) in [4.78, 5) is 12.3. The molecule has 0 unspecified atom stereocenters. The molecular formula is C17H16ClFO. The van der Waals surface area contributed by atoms with Gasteiger partial charge >= 0.3 is 0 Å². The van der Waals surface area contributed by atoms with Crippen LogP contribution < -0.4 is 0 Å². The van der Waals surface area contributed by atoms with Crippen molar-refractivity contribution in [1.82, 2.24) is 0 Å². The standard InChI is InChI=1S/C17H16ClFO/c18-11-5-4-8-17(20)15-10-9-14(19)12-16(15)13-6-2-1-3-7-13/h1-3,6-7,9-10,12H,4-5,8,11H2. The van der Waals surface area contributed by atoms with E-state index < -0.39 is 0 Å². The molecule has 2 aromatic rings. The highest BCUT2D eigenvalue weighted by atomic mass is 35.5. The van der Waals surface area contributed by atoms with Gasteiger partial charge in [0.1, 0.15) is 5.82 Å². The molecule has 0 spiro atoms. The molecule has 20 heavy (non-hydrogen) atoms. The van der Waals surface area contributed by atoms with Crippen LogP contribution in [0.25, 0.3) is 11.1 Å². The van der Waals surface area contributed by atoms with Crippen LogP contribution in [0.5, 0.6) is 0 Å². The normalized spacial score (nSPS) is 10.5. The van der Waals surface area contributed by atoms with Gasteiger partial charge in [0, 0.05) is 17.9 Å². The lowest BCUT2D eigenvalue weighted by atomic mass is 9.95. The third-order valence-corrected chi connectivity index (χ3v) is 3.42. The summed E-state index contributed by atoms with van der Waals surface area (Å²) in [5, 5.41) is 0. The first kappa shape index (κ1) is 14.7. The van der Waals surface area contributed by atoms with Crippen LogP contribution in [0.15, 0.2) is 48.5 Å². The van der Waals surface area contributed by atoms with Gasteiger partial charge in [0.2, 0.25) is 0 Å². The van der Waals surface area contributed by atoms with Crippen LogP contribution >= 0.6 is 11.6 Å². The highest BCUT2D eigenvalue weighted by Gasteiger charge is 2.13. The molecule has 2 aromatic carbocycles. The first-order chi connectivity index (χ1) is 9.72. The third kappa shape index (κ3) is 3.67. The number of hydrogen-bond acceptors (Lipinski definition) is 1. The van der Waals surface area contributed by atoms with Gasteiger partial charge in [0.25, 0.3) is 0 Å². The lowest BCUT2D eigenvalue weighted by Gasteiger charge is -2.09. The van der Waals surface area contributed by atoms with Crippen molar-refractivity contribution in [2.45, 2.75) is 19.3 Å². The number of carbonyl (C=O) groups is 1. The molecule has 1 nitrogen and oxygen atoms in total. The van der Waals surface area contributed by atoms with Gasteiger partial charge in [-0.15, -0.1) is 11.6 Å². The van der Waals surface area contributed by atoms with Crippen molar-refractivity contribution in [3.05, 3.63) is 59.9 Å². The van der Waals surface area contributed by atoms with Gasteiger partial charge < -0.3 is 0 Å². The maximum Gasteiger partial charge on any atom is 0.163 e. The summed E-state index contributed by atoms with van der Waals surface area (Å²) in [5.74, 6) is 0.262. The topological polar surface area (TPSA) is 17.1 Å². The van der Waals surface area contributed by atoms with Gasteiger partial charge in [-0.2, -0.15) is 0 Å². The Morgan fingerprint density at radius 3 is 2.50 bits per heavy atom. The zero-order valence-electron chi connectivity index (χ0n) is 11.1. The summed E-state index contributed by atoms with van der Waals surface area (Å²) in [7, 11) is 0. The highest BCUT2D eigenvalue weighted by molar-refractivity contribution is 6.17. The Bertz CT molecular complexity index is 581. The number of ketones is 1. The van der Waals surface area contributed by atoms with Gasteiger partial charge in [0.15, 0.2) is 5.78 Å². The van der Waals surface area contributed by atoms with Crippen LogP contribution in [0.1, 0.15) is 29.6 Å². The van der Waals surface area contributed by atoms with E-state index in [0.29, 0.717) is 23.4 Å². The zero-order valence-corrected chi connectivity index (χ0v) is 11.9. The number of unbranched alkanes of at least 4 members (excludes halogenated alkanes) is 1. The number of halogens is 2. The molecule has 0 aliphatic rings. The molecular weight excluding hydrogens is 275 g/mol. The number of hydrogen-bond donors (Lipinski definition) is 0. The van der Waals surface area contributed by atoms with Gasteiger partial charge in [0.05, 0.1) is 0 Å². The number of benzene rings is 2. The molecule has 0 aliphatic carbocycles. The zero-order chi connectivity index (χ0) is 14.4. The van der Waals surface area contributed by atoms with Crippen LogP contribution in [0, 0.1) is 5.82 Å². The molecule has 0 atom stereocenters. The third-order valence-electron chi connectivity index (χ3n) is 3.15. The first-order valence-corrected chi connectivity index (χ1v) is 7.20. The van der Waals surface area contributed by atoms with Gasteiger partial charge in [-0.05, 0) is 42.2 Å². The summed E-state index contributed by atoms with van der Waals surface area (Å²) < 4.78 is 13.5. The van der Waals surface area contributed by atoms with E-state index >= 15 is 0 Å². The van der Waals surface area contributed by atoms with Crippen molar-refractivity contribution in [2.24, 2.45) is 0 Å². The molecule has 0 heterocycles. The minimum absolute atomic E-state index is 0.0361. The Morgan fingerprint density at radius 1 is 1.05 bits per heavy atom. The average Bonchev–Trinajstić information content (AvgIpc) is 2.48. The molecule has 0 N–H and O–H groups in total. The number of rotatable bonds is 6. The fraction of sp³-hybridized carbons (Fsp3) is 0.235. The van der Waals surface area contributed by atoms with Crippen LogP contribution in [0.3, 0.4) is 0 Å². The van der Waals surface area contributed by atoms with E-state index in [1.54, 1.807) is 6.07 Å². The van der Waals surface area contributed by atoms with Crippen LogP contribution in [0.2, 0.25) is 0 Å². The van der Waals surface area contributed by atoms with Crippen molar-refractivity contribution in [1.29, 1.82) is 0 Å². The predicted octanol–water partition coefficient (Wildman–Crippen LogP) is 5.08.